The van der Waals surface area contributed by atoms with Crippen molar-refractivity contribution in [3.05, 3.63) is 65.7 Å². The summed E-state index contributed by atoms with van der Waals surface area (Å²) in [6, 6.07) is 18.6. The van der Waals surface area contributed by atoms with Crippen molar-refractivity contribution in [1.29, 1.82) is 0 Å². The molecule has 1 aliphatic carbocycles. The van der Waals surface area contributed by atoms with Gasteiger partial charge in [-0.25, -0.2) is 0 Å². The van der Waals surface area contributed by atoms with Gasteiger partial charge in [-0.1, -0.05) is 30.3 Å². The lowest BCUT2D eigenvalue weighted by molar-refractivity contribution is 0.0553. The van der Waals surface area contributed by atoms with Gasteiger partial charge in [-0.05, 0) is 73.8 Å². The zero-order valence-corrected chi connectivity index (χ0v) is 17.7. The Balaban J connectivity index is 1.17. The highest BCUT2D eigenvalue weighted by molar-refractivity contribution is 5.94. The maximum atomic E-state index is 13.1. The number of nitrogens with zero attached hydrogens (tertiary/aromatic N) is 2. The van der Waals surface area contributed by atoms with Crippen LogP contribution < -0.4 is 4.90 Å². The van der Waals surface area contributed by atoms with Crippen molar-refractivity contribution in [3.63, 3.8) is 0 Å². The van der Waals surface area contributed by atoms with Crippen molar-refractivity contribution < 1.29 is 9.53 Å². The predicted octanol–water partition coefficient (Wildman–Crippen LogP) is 4.74. The molecule has 1 atom stereocenters. The van der Waals surface area contributed by atoms with Crippen LogP contribution in [-0.4, -0.2) is 43.1 Å². The summed E-state index contributed by atoms with van der Waals surface area (Å²) in [5.41, 5.74) is 3.24. The van der Waals surface area contributed by atoms with Gasteiger partial charge in [0, 0.05) is 37.4 Å². The molecule has 158 valence electrons. The molecule has 4 heteroatoms. The number of rotatable bonds is 5. The quantitative estimate of drug-likeness (QED) is 0.721. The van der Waals surface area contributed by atoms with E-state index in [2.05, 4.69) is 46.2 Å². The van der Waals surface area contributed by atoms with Crippen molar-refractivity contribution >= 4 is 11.6 Å². The lowest BCUT2D eigenvalue weighted by atomic mass is 9.84. The minimum atomic E-state index is 0.214. The topological polar surface area (TPSA) is 32.8 Å². The summed E-state index contributed by atoms with van der Waals surface area (Å²) in [4.78, 5) is 17.6. The summed E-state index contributed by atoms with van der Waals surface area (Å²) in [7, 11) is 0. The van der Waals surface area contributed by atoms with Gasteiger partial charge in [0.05, 0.1) is 12.7 Å². The Bertz CT molecular complexity index is 829. The van der Waals surface area contributed by atoms with E-state index in [1.165, 1.54) is 36.9 Å². The highest BCUT2D eigenvalue weighted by Gasteiger charge is 2.32. The fourth-order valence-corrected chi connectivity index (χ4v) is 5.34. The first-order valence-electron chi connectivity index (χ1n) is 11.5. The van der Waals surface area contributed by atoms with Crippen LogP contribution in [0.1, 0.15) is 48.0 Å². The van der Waals surface area contributed by atoms with E-state index in [1.54, 1.807) is 0 Å². The third kappa shape index (κ3) is 4.39. The number of hydrogen-bond acceptors (Lipinski definition) is 3. The zero-order chi connectivity index (χ0) is 20.3. The smallest absolute Gasteiger partial charge is 0.253 e. The highest BCUT2D eigenvalue weighted by Crippen LogP contribution is 2.34. The van der Waals surface area contributed by atoms with E-state index in [0.29, 0.717) is 18.4 Å². The molecule has 0 radical (unpaired) electrons. The number of fused-ring (bicyclic) bond motifs is 4. The van der Waals surface area contributed by atoms with E-state index < -0.39 is 0 Å². The Morgan fingerprint density at radius 1 is 0.833 bits per heavy atom. The van der Waals surface area contributed by atoms with Crippen LogP contribution in [0, 0.1) is 11.8 Å². The summed E-state index contributed by atoms with van der Waals surface area (Å²) in [5.74, 6) is 1.64. The molecule has 4 aliphatic rings. The second-order valence-electron chi connectivity index (χ2n) is 9.30. The first-order chi connectivity index (χ1) is 14.7. The maximum Gasteiger partial charge on any atom is 0.253 e. The Hall–Kier alpha value is -2.33. The molecule has 1 saturated carbocycles. The standard InChI is InChI=1S/C26H32N2O2/c29-26(28-16-20-6-7-21(17-28)9-8-20)23-10-12-24(13-11-23)27-15-14-25(18-27)30-19-22-4-2-1-3-5-22/h1-5,10-13,20-21,25H,6-9,14-19H2/t20?,21?,25-/m0/s1. The van der Waals surface area contributed by atoms with Crippen molar-refractivity contribution in [2.75, 3.05) is 31.1 Å². The van der Waals surface area contributed by atoms with Gasteiger partial charge in [0.15, 0.2) is 0 Å². The third-order valence-electron chi connectivity index (χ3n) is 7.16. The summed E-state index contributed by atoms with van der Waals surface area (Å²) in [6.45, 7) is 4.48. The van der Waals surface area contributed by atoms with Crippen molar-refractivity contribution in [2.24, 2.45) is 11.8 Å². The number of carbonyl (C=O) groups excluding carboxylic acids is 1. The fourth-order valence-electron chi connectivity index (χ4n) is 5.34. The van der Waals surface area contributed by atoms with Crippen molar-refractivity contribution in [2.45, 2.75) is 44.8 Å². The molecular formula is C26H32N2O2. The number of anilines is 1. The van der Waals surface area contributed by atoms with Crippen molar-refractivity contribution in [1.82, 2.24) is 4.90 Å². The molecule has 30 heavy (non-hydrogen) atoms. The van der Waals surface area contributed by atoms with E-state index in [4.69, 9.17) is 4.74 Å². The molecule has 1 amide bonds. The number of hydrogen-bond donors (Lipinski definition) is 0. The van der Waals surface area contributed by atoms with E-state index in [9.17, 15) is 4.79 Å². The molecule has 4 nitrogen and oxygen atoms in total. The summed E-state index contributed by atoms with van der Waals surface area (Å²) in [5, 5.41) is 0. The molecule has 2 aromatic carbocycles. The first kappa shape index (κ1) is 19.6. The van der Waals surface area contributed by atoms with Crippen molar-refractivity contribution in [3.8, 4) is 0 Å². The fraction of sp³-hybridized carbons (Fsp3) is 0.500. The van der Waals surface area contributed by atoms with Crippen LogP contribution in [-0.2, 0) is 11.3 Å². The van der Waals surface area contributed by atoms with E-state index in [0.717, 1.165) is 38.2 Å². The Morgan fingerprint density at radius 3 is 2.17 bits per heavy atom. The average molecular weight is 405 g/mol. The van der Waals surface area contributed by atoms with Crippen LogP contribution in [0.25, 0.3) is 0 Å². The maximum absolute atomic E-state index is 13.1. The number of carbonyl (C=O) groups is 1. The molecule has 4 fully saturated rings. The van der Waals surface area contributed by atoms with Gasteiger partial charge in [-0.2, -0.15) is 0 Å². The Kier molecular flexibility index (Phi) is 5.76. The van der Waals surface area contributed by atoms with Gasteiger partial charge in [-0.15, -0.1) is 0 Å². The lowest BCUT2D eigenvalue weighted by Crippen LogP contribution is -2.34. The molecule has 2 bridgehead atoms. The molecule has 2 aromatic rings. The number of amides is 1. The molecule has 3 saturated heterocycles. The van der Waals surface area contributed by atoms with Gasteiger partial charge in [0.25, 0.3) is 5.91 Å². The van der Waals surface area contributed by atoms with Crippen LogP contribution in [0.4, 0.5) is 5.69 Å². The van der Waals surface area contributed by atoms with Gasteiger partial charge < -0.3 is 14.5 Å². The van der Waals surface area contributed by atoms with E-state index >= 15 is 0 Å². The largest absolute Gasteiger partial charge is 0.372 e. The minimum Gasteiger partial charge on any atom is -0.372 e. The van der Waals surface area contributed by atoms with Crippen LogP contribution in [0.2, 0.25) is 0 Å². The Labute approximate surface area is 179 Å². The van der Waals surface area contributed by atoms with E-state index in [1.807, 2.05) is 18.2 Å². The minimum absolute atomic E-state index is 0.214. The van der Waals surface area contributed by atoms with E-state index in [-0.39, 0.29) is 12.0 Å². The van der Waals surface area contributed by atoms with Gasteiger partial charge >= 0.3 is 0 Å². The molecule has 0 aromatic heterocycles. The molecule has 6 rings (SSSR count). The third-order valence-corrected chi connectivity index (χ3v) is 7.16. The molecular weight excluding hydrogens is 372 g/mol. The summed E-state index contributed by atoms with van der Waals surface area (Å²) >= 11 is 0. The average Bonchev–Trinajstić information content (AvgIpc) is 3.07. The summed E-state index contributed by atoms with van der Waals surface area (Å²) < 4.78 is 6.12. The van der Waals surface area contributed by atoms with Crippen LogP contribution in [0.3, 0.4) is 0 Å². The predicted molar refractivity (Wildman–Crippen MR) is 120 cm³/mol. The highest BCUT2D eigenvalue weighted by atomic mass is 16.5. The summed E-state index contributed by atoms with van der Waals surface area (Å²) in [6.07, 6.45) is 6.51. The lowest BCUT2D eigenvalue weighted by Gasteiger charge is -2.23. The molecule has 3 aliphatic heterocycles. The first-order valence-corrected chi connectivity index (χ1v) is 11.5. The van der Waals surface area contributed by atoms with Crippen LogP contribution in [0.15, 0.2) is 54.6 Å². The molecule has 0 N–H and O–H groups in total. The molecule has 3 heterocycles. The second kappa shape index (κ2) is 8.81. The Morgan fingerprint density at radius 2 is 1.50 bits per heavy atom. The SMILES string of the molecule is O=C(c1ccc(N2CC[C@H](OCc3ccccc3)C2)cc1)N1CC2CCC(CC2)C1. The van der Waals surface area contributed by atoms with Gasteiger partial charge in [0.1, 0.15) is 0 Å². The molecule has 0 spiro atoms. The monoisotopic (exact) mass is 404 g/mol. The van der Waals surface area contributed by atoms with Gasteiger partial charge in [0.2, 0.25) is 0 Å². The number of benzene rings is 2. The number of ether oxygens (including phenoxy) is 1. The molecule has 0 unspecified atom stereocenters. The van der Waals surface area contributed by atoms with Crippen LogP contribution >= 0.6 is 0 Å². The van der Waals surface area contributed by atoms with Crippen LogP contribution in [0.5, 0.6) is 0 Å². The zero-order valence-electron chi connectivity index (χ0n) is 17.7. The second-order valence-corrected chi connectivity index (χ2v) is 9.30. The van der Waals surface area contributed by atoms with Gasteiger partial charge in [-0.3, -0.25) is 4.79 Å². The normalized spacial score (nSPS) is 26.1.